The van der Waals surface area contributed by atoms with Gasteiger partial charge in [0.1, 0.15) is 0 Å². The molecule has 40 valence electrons. The van der Waals surface area contributed by atoms with Crippen LogP contribution in [0.25, 0.3) is 0 Å². The lowest BCUT2D eigenvalue weighted by Crippen LogP contribution is -1.38. The van der Waals surface area contributed by atoms with E-state index in [0.717, 1.165) is 0 Å². The third-order valence-electron chi connectivity index (χ3n) is 0. The number of hydrogen-bond donors (Lipinski definition) is 2. The minimum absolute atomic E-state index is 0. The van der Waals surface area contributed by atoms with Gasteiger partial charge < -0.3 is 0 Å². The Kier molecular flexibility index (Phi) is 24.7. The van der Waals surface area contributed by atoms with E-state index in [1.54, 1.807) is 0 Å². The summed E-state index contributed by atoms with van der Waals surface area (Å²) in [7, 11) is -2.87. The summed E-state index contributed by atoms with van der Waals surface area (Å²) in [5.74, 6) is 0. The van der Waals surface area contributed by atoms with Crippen LogP contribution in [0.3, 0.4) is 0 Å². The average molecular weight is 113 g/mol. The minimum atomic E-state index is -2.87. The first kappa shape index (κ1) is 16.6. The summed E-state index contributed by atoms with van der Waals surface area (Å²) in [5, 5.41) is 0. The molecule has 0 spiro atoms. The molecule has 0 aliphatic carbocycles. The van der Waals surface area contributed by atoms with Crippen molar-refractivity contribution < 1.29 is 14.4 Å². The van der Waals surface area contributed by atoms with Crippen LogP contribution >= 0.6 is 8.25 Å². The zero-order chi connectivity index (χ0) is 3.58. The predicted octanol–water partition coefficient (Wildman–Crippen LogP) is 0.901. The fraction of sp³-hybridized carbons (Fsp3) is 1.00. The monoisotopic (exact) mass is 113 g/mol. The van der Waals surface area contributed by atoms with E-state index < -0.39 is 8.25 Å². The van der Waals surface area contributed by atoms with Gasteiger partial charge in [-0.3, -0.25) is 0 Å². The van der Waals surface area contributed by atoms with Gasteiger partial charge in [0, 0.05) is 4.57 Å². The highest BCUT2D eigenvalue weighted by molar-refractivity contribution is 7.30. The fourth-order valence-electron chi connectivity index (χ4n) is 0. The van der Waals surface area contributed by atoms with Crippen LogP contribution in [-0.2, 0) is 4.57 Å². The van der Waals surface area contributed by atoms with Crippen molar-refractivity contribution in [2.75, 3.05) is 0 Å². The summed E-state index contributed by atoms with van der Waals surface area (Å²) in [5.41, 5.74) is 0. The molecule has 0 atom stereocenters. The molecule has 4 heteroatoms. The van der Waals surface area contributed by atoms with Crippen LogP contribution < -0.4 is 0 Å². The van der Waals surface area contributed by atoms with Crippen LogP contribution in [0.1, 0.15) is 14.9 Å². The largest absolute Gasteiger partial charge is 0.692 e. The molecule has 0 unspecified atom stereocenters. The highest BCUT2D eigenvalue weighted by atomic mass is 31.1. The molecule has 0 aliphatic rings. The Balaban J connectivity index is -0.0000000450. The van der Waals surface area contributed by atoms with Crippen molar-refractivity contribution in [3.63, 3.8) is 0 Å². The zero-order valence-electron chi connectivity index (χ0n) is 1.75. The lowest BCUT2D eigenvalue weighted by Gasteiger charge is -1.34. The van der Waals surface area contributed by atoms with Gasteiger partial charge in [-0.1, -0.05) is 14.9 Å². The van der Waals surface area contributed by atoms with Gasteiger partial charge in [0.25, 0.3) is 0 Å². The van der Waals surface area contributed by atoms with Crippen molar-refractivity contribution in [3.8, 4) is 0 Å². The maximum Gasteiger partial charge on any atom is 0.692 e. The van der Waals surface area contributed by atoms with Crippen LogP contribution in [0.5, 0.6) is 0 Å². The summed E-state index contributed by atoms with van der Waals surface area (Å²) in [4.78, 5) is 14.2. The van der Waals surface area contributed by atoms with Gasteiger partial charge in [-0.15, -0.1) is 9.79 Å². The van der Waals surface area contributed by atoms with Crippen LogP contribution in [0.4, 0.5) is 0 Å². The predicted molar refractivity (Wildman–Crippen MR) is 25.5 cm³/mol. The standard InChI is InChI=1S/2CH4.HO3P/c;;1-4(2)3/h2*1H4;(H-,1,2,3)/p+1. The Morgan fingerprint density at radius 1 is 1.17 bits per heavy atom. The summed E-state index contributed by atoms with van der Waals surface area (Å²) in [6, 6.07) is 0. The molecule has 6 heavy (non-hydrogen) atoms. The van der Waals surface area contributed by atoms with Crippen LogP contribution in [0.2, 0.25) is 0 Å². The van der Waals surface area contributed by atoms with E-state index in [1.165, 1.54) is 0 Å². The van der Waals surface area contributed by atoms with Crippen molar-refractivity contribution in [2.24, 2.45) is 0 Å². The van der Waals surface area contributed by atoms with E-state index in [9.17, 15) is 0 Å². The van der Waals surface area contributed by atoms with Gasteiger partial charge in [-0.25, -0.2) is 0 Å². The molecule has 0 bridgehead atoms. The summed E-state index contributed by atoms with van der Waals surface area (Å²) in [6.45, 7) is 0. The molecule has 0 radical (unpaired) electrons. The quantitative estimate of drug-likeness (QED) is 0.459. The molecule has 2 N–H and O–H groups in total. The highest BCUT2D eigenvalue weighted by Gasteiger charge is 1.93. The molecular formula is C2H10O3P+. The first-order chi connectivity index (χ1) is 1.73. The molecular weight excluding hydrogens is 103 g/mol. The number of rotatable bonds is 0. The molecule has 0 rings (SSSR count). The van der Waals surface area contributed by atoms with E-state index in [2.05, 4.69) is 0 Å². The molecule has 0 aromatic heterocycles. The third-order valence-corrected chi connectivity index (χ3v) is 0. The maximum atomic E-state index is 8.70. The van der Waals surface area contributed by atoms with Gasteiger partial charge in [0.15, 0.2) is 0 Å². The maximum absolute atomic E-state index is 8.70. The first-order valence-electron chi connectivity index (χ1n) is 0.583. The van der Waals surface area contributed by atoms with Crippen LogP contribution in [0, 0.1) is 0 Å². The van der Waals surface area contributed by atoms with E-state index in [4.69, 9.17) is 14.4 Å². The fourth-order valence-corrected chi connectivity index (χ4v) is 0. The van der Waals surface area contributed by atoms with Gasteiger partial charge in [0.2, 0.25) is 0 Å². The van der Waals surface area contributed by atoms with Gasteiger partial charge in [0.05, 0.1) is 0 Å². The zero-order valence-corrected chi connectivity index (χ0v) is 2.64. The second-order valence-electron chi connectivity index (χ2n) is 0.253. The molecule has 0 aromatic carbocycles. The lowest BCUT2D eigenvalue weighted by atomic mass is 12.0. The Labute approximate surface area is 38.6 Å². The molecule has 3 nitrogen and oxygen atoms in total. The Morgan fingerprint density at radius 3 is 1.17 bits per heavy atom. The summed E-state index contributed by atoms with van der Waals surface area (Å²) in [6.07, 6.45) is 0. The van der Waals surface area contributed by atoms with Gasteiger partial charge in [-0.05, 0) is 0 Å². The highest BCUT2D eigenvalue weighted by Crippen LogP contribution is 1.98. The molecule has 0 aliphatic heterocycles. The van der Waals surface area contributed by atoms with Crippen LogP contribution in [-0.4, -0.2) is 9.79 Å². The van der Waals surface area contributed by atoms with E-state index in [1.807, 2.05) is 0 Å². The van der Waals surface area contributed by atoms with Crippen LogP contribution in [0.15, 0.2) is 0 Å². The minimum Gasteiger partial charge on any atom is -0.134 e. The first-order valence-corrected chi connectivity index (χ1v) is 1.75. The molecule has 0 fully saturated rings. The Morgan fingerprint density at radius 2 is 1.17 bits per heavy atom. The second kappa shape index (κ2) is 8.89. The second-order valence-corrected chi connectivity index (χ2v) is 0.758. The van der Waals surface area contributed by atoms with E-state index in [0.29, 0.717) is 0 Å². The third kappa shape index (κ3) is 91700. The van der Waals surface area contributed by atoms with Crippen molar-refractivity contribution >= 4 is 8.25 Å². The lowest BCUT2D eigenvalue weighted by molar-refractivity contribution is 0.405. The van der Waals surface area contributed by atoms with E-state index >= 15 is 0 Å². The molecule has 0 saturated heterocycles. The molecule has 0 aromatic rings. The molecule has 0 heterocycles. The van der Waals surface area contributed by atoms with Gasteiger partial charge >= 0.3 is 8.25 Å². The molecule has 0 amide bonds. The smallest absolute Gasteiger partial charge is 0.134 e. The van der Waals surface area contributed by atoms with Crippen molar-refractivity contribution in [1.29, 1.82) is 0 Å². The van der Waals surface area contributed by atoms with Crippen molar-refractivity contribution in [1.82, 2.24) is 0 Å². The SMILES string of the molecule is C.C.O=[P+](O)O. The number of hydrogen-bond acceptors (Lipinski definition) is 1. The average Bonchev–Trinajstić information content (AvgIpc) is 0.811. The Hall–Kier alpha value is 0.0200. The topological polar surface area (TPSA) is 57.5 Å². The van der Waals surface area contributed by atoms with Crippen molar-refractivity contribution in [2.45, 2.75) is 14.9 Å². The summed E-state index contributed by atoms with van der Waals surface area (Å²) >= 11 is 0. The Bertz CT molecular complexity index is 31.8. The summed E-state index contributed by atoms with van der Waals surface area (Å²) < 4.78 is 8.70. The molecule has 0 saturated carbocycles. The van der Waals surface area contributed by atoms with Crippen molar-refractivity contribution in [3.05, 3.63) is 0 Å². The van der Waals surface area contributed by atoms with E-state index in [-0.39, 0.29) is 14.9 Å². The normalized spacial score (nSPS) is 4.33. The van der Waals surface area contributed by atoms with Gasteiger partial charge in [-0.2, -0.15) is 0 Å².